The van der Waals surface area contributed by atoms with Gasteiger partial charge < -0.3 is 29.4 Å². The normalized spacial score (nSPS) is 20.9. The number of nitrogens with one attached hydrogen (secondary N) is 2. The Balaban J connectivity index is 1.64. The summed E-state index contributed by atoms with van der Waals surface area (Å²) in [6.07, 6.45) is -5.88. The molecule has 0 aromatic heterocycles. The smallest absolute Gasteiger partial charge is 0.416 e. The largest absolute Gasteiger partial charge is 0.444 e. The van der Waals surface area contributed by atoms with Crippen molar-refractivity contribution in [2.24, 2.45) is 5.92 Å². The number of aryl methyl sites for hydroxylation is 1. The number of hydrogen-bond acceptors (Lipinski definition) is 7. The maximum atomic E-state index is 15.4. The van der Waals surface area contributed by atoms with Crippen molar-refractivity contribution in [2.75, 3.05) is 13.1 Å². The maximum absolute atomic E-state index is 15.4. The Morgan fingerprint density at radius 2 is 1.54 bits per heavy atom. The predicted molar refractivity (Wildman–Crippen MR) is 256 cm³/mol. The summed E-state index contributed by atoms with van der Waals surface area (Å²) in [5, 5.41) is 5.70. The number of halogens is 5. The van der Waals surface area contributed by atoms with E-state index in [-0.39, 0.29) is 68.3 Å². The predicted octanol–water partition coefficient (Wildman–Crippen LogP) is 10.2. The van der Waals surface area contributed by atoms with E-state index in [1.165, 1.54) is 28.9 Å². The average Bonchev–Trinajstić information content (AvgIpc) is 3.81. The van der Waals surface area contributed by atoms with Gasteiger partial charge in [-0.05, 0) is 118 Å². The second-order valence-electron chi connectivity index (χ2n) is 21.3. The highest BCUT2D eigenvalue weighted by molar-refractivity contribution is 6.74. The number of benzene rings is 3. The third-order valence-electron chi connectivity index (χ3n) is 13.9. The molecule has 2 aliphatic rings. The van der Waals surface area contributed by atoms with Crippen molar-refractivity contribution >= 4 is 32.1 Å². The standard InChI is InChI=1S/C52H71F5N4O7Si/c1-12-33(2)51(59-34(3)62)23-24-60(47(51)64)43(22-21-35-17-14-13-15-18-35)46(63)58-42(28-37-26-39(53)29-40(54)27-37)45(68-69(10,11)50(7,8)9)44-30-41(31-61(44)48(65)67-49(4,5)6)66-32-36-19-16-20-38(25-36)52(55,56)57/h13-20,25-27,29,33,41-45H,12,21-24,28,30-32H2,1-11H3,(H,58,63)(H,59,62)/t33-,41-,42+,43+,44-,45+,51+/m1/s1. The van der Waals surface area contributed by atoms with Gasteiger partial charge in [-0.2, -0.15) is 13.2 Å². The van der Waals surface area contributed by atoms with Gasteiger partial charge in [-0.1, -0.05) is 83.5 Å². The summed E-state index contributed by atoms with van der Waals surface area (Å²) in [4.78, 5) is 60.3. The summed E-state index contributed by atoms with van der Waals surface area (Å²) >= 11 is 0. The average molecular weight is 987 g/mol. The van der Waals surface area contributed by atoms with Crippen LogP contribution in [0.2, 0.25) is 18.1 Å². The molecule has 0 radical (unpaired) electrons. The van der Waals surface area contributed by atoms with Crippen molar-refractivity contribution in [3.63, 3.8) is 0 Å². The molecule has 2 heterocycles. The summed E-state index contributed by atoms with van der Waals surface area (Å²) in [6, 6.07) is 14.2. The number of amides is 4. The van der Waals surface area contributed by atoms with Crippen molar-refractivity contribution in [3.8, 4) is 0 Å². The topological polar surface area (TPSA) is 127 Å². The van der Waals surface area contributed by atoms with Crippen LogP contribution >= 0.6 is 0 Å². The number of ether oxygens (including phenoxy) is 2. The van der Waals surface area contributed by atoms with Crippen LogP contribution in [0.25, 0.3) is 0 Å². The molecule has 3 aromatic rings. The van der Waals surface area contributed by atoms with Gasteiger partial charge in [-0.3, -0.25) is 19.3 Å². The fraction of sp³-hybridized carbons (Fsp3) is 0.577. The monoisotopic (exact) mass is 987 g/mol. The number of hydrogen-bond donors (Lipinski definition) is 2. The molecule has 0 saturated carbocycles. The highest BCUT2D eigenvalue weighted by Gasteiger charge is 2.54. The summed E-state index contributed by atoms with van der Waals surface area (Å²) in [6.45, 7) is 20.2. The zero-order chi connectivity index (χ0) is 51.3. The zero-order valence-corrected chi connectivity index (χ0v) is 42.9. The van der Waals surface area contributed by atoms with E-state index in [0.29, 0.717) is 12.8 Å². The number of likely N-dealkylation sites (tertiary alicyclic amines) is 2. The first-order chi connectivity index (χ1) is 32.0. The second-order valence-corrected chi connectivity index (χ2v) is 26.0. The van der Waals surface area contributed by atoms with E-state index in [9.17, 15) is 27.6 Å². The molecule has 5 rings (SSSR count). The molecule has 0 aliphatic carbocycles. The van der Waals surface area contributed by atoms with Gasteiger partial charge in [-0.25, -0.2) is 13.6 Å². The van der Waals surface area contributed by atoms with Crippen LogP contribution in [-0.2, 0) is 53.9 Å². The van der Waals surface area contributed by atoms with Crippen LogP contribution in [0.5, 0.6) is 0 Å². The molecular weight excluding hydrogens is 916 g/mol. The SMILES string of the molecule is CC[C@@H](C)[C@@]1(NC(C)=O)CCN([C@@H](CCc2ccccc2)C(=O)N[C@@H](Cc2cc(F)cc(F)c2)[C@H](O[Si](C)(C)C(C)(C)C)[C@H]2C[C@@H](OCc3cccc(C(F)(F)F)c3)CN2C(=O)OC(C)(C)C)C1=O. The lowest BCUT2D eigenvalue weighted by Crippen LogP contribution is -2.63. The number of rotatable bonds is 18. The van der Waals surface area contributed by atoms with Crippen molar-refractivity contribution in [3.05, 3.63) is 107 Å². The molecule has 7 atom stereocenters. The van der Waals surface area contributed by atoms with E-state index < -0.39 is 96.1 Å². The van der Waals surface area contributed by atoms with Crippen LogP contribution in [0.1, 0.15) is 110 Å². The lowest BCUT2D eigenvalue weighted by molar-refractivity contribution is -0.144. The maximum Gasteiger partial charge on any atom is 0.416 e. The van der Waals surface area contributed by atoms with Gasteiger partial charge in [0.2, 0.25) is 17.7 Å². The zero-order valence-electron chi connectivity index (χ0n) is 41.9. The summed E-state index contributed by atoms with van der Waals surface area (Å²) in [5.41, 5.74) is -1.70. The minimum absolute atomic E-state index is 0.0615. The van der Waals surface area contributed by atoms with Gasteiger partial charge in [0.25, 0.3) is 0 Å². The minimum Gasteiger partial charge on any atom is -0.444 e. The molecule has 380 valence electrons. The Labute approximate surface area is 405 Å². The van der Waals surface area contributed by atoms with Gasteiger partial charge >= 0.3 is 12.3 Å². The fourth-order valence-electron chi connectivity index (χ4n) is 9.09. The first-order valence-corrected chi connectivity index (χ1v) is 26.8. The number of nitrogens with zero attached hydrogens (tertiary/aromatic N) is 2. The molecule has 17 heteroatoms. The van der Waals surface area contributed by atoms with E-state index in [2.05, 4.69) is 10.6 Å². The van der Waals surface area contributed by atoms with Gasteiger partial charge in [0, 0.05) is 19.5 Å². The van der Waals surface area contributed by atoms with E-state index in [1.54, 1.807) is 20.8 Å². The van der Waals surface area contributed by atoms with Crippen LogP contribution < -0.4 is 10.6 Å². The molecule has 0 bridgehead atoms. The molecule has 69 heavy (non-hydrogen) atoms. The summed E-state index contributed by atoms with van der Waals surface area (Å²) in [5.74, 6) is -3.33. The van der Waals surface area contributed by atoms with Gasteiger partial charge in [0.05, 0.1) is 43.0 Å². The van der Waals surface area contributed by atoms with Crippen molar-refractivity contribution < 1.29 is 55.0 Å². The molecule has 2 fully saturated rings. The third-order valence-corrected chi connectivity index (χ3v) is 18.3. The molecule has 3 aromatic carbocycles. The molecular formula is C52H71F5N4O7Si. The Morgan fingerprint density at radius 1 is 0.899 bits per heavy atom. The Bertz CT molecular complexity index is 2250. The van der Waals surface area contributed by atoms with Gasteiger partial charge in [-0.15, -0.1) is 0 Å². The number of carbonyl (C=O) groups is 4. The summed E-state index contributed by atoms with van der Waals surface area (Å²) < 4.78 is 90.8. The van der Waals surface area contributed by atoms with Crippen LogP contribution in [0.4, 0.5) is 26.7 Å². The van der Waals surface area contributed by atoms with Gasteiger partial charge in [0.15, 0.2) is 8.32 Å². The molecule has 2 saturated heterocycles. The minimum atomic E-state index is -4.58. The van der Waals surface area contributed by atoms with Crippen LogP contribution in [0.15, 0.2) is 72.8 Å². The van der Waals surface area contributed by atoms with Crippen molar-refractivity contribution in [2.45, 2.75) is 173 Å². The Morgan fingerprint density at radius 3 is 2.12 bits per heavy atom. The molecule has 0 unspecified atom stereocenters. The van der Waals surface area contributed by atoms with E-state index in [1.807, 2.05) is 78.0 Å². The van der Waals surface area contributed by atoms with Crippen molar-refractivity contribution in [1.29, 1.82) is 0 Å². The van der Waals surface area contributed by atoms with E-state index in [0.717, 1.165) is 35.9 Å². The third kappa shape index (κ3) is 14.1. The quantitative estimate of drug-likeness (QED) is 0.0960. The van der Waals surface area contributed by atoms with Crippen LogP contribution in [0, 0.1) is 17.6 Å². The van der Waals surface area contributed by atoms with Crippen molar-refractivity contribution in [1.82, 2.24) is 20.4 Å². The molecule has 4 amide bonds. The Kier molecular flexibility index (Phi) is 17.6. The first kappa shape index (κ1) is 55.1. The molecule has 2 N–H and O–H groups in total. The first-order valence-electron chi connectivity index (χ1n) is 23.9. The highest BCUT2D eigenvalue weighted by Crippen LogP contribution is 2.41. The van der Waals surface area contributed by atoms with E-state index in [4.69, 9.17) is 13.9 Å². The van der Waals surface area contributed by atoms with Crippen LogP contribution in [0.3, 0.4) is 0 Å². The lowest BCUT2D eigenvalue weighted by atomic mass is 9.81. The molecule has 2 aliphatic heterocycles. The second kappa shape index (κ2) is 22.0. The van der Waals surface area contributed by atoms with Crippen LogP contribution in [-0.4, -0.2) is 96.5 Å². The summed E-state index contributed by atoms with van der Waals surface area (Å²) in [7, 11) is -2.92. The molecule has 11 nitrogen and oxygen atoms in total. The molecule has 0 spiro atoms. The highest BCUT2D eigenvalue weighted by atomic mass is 28.4. The number of alkyl halides is 3. The fourth-order valence-corrected chi connectivity index (χ4v) is 10.4. The van der Waals surface area contributed by atoms with E-state index >= 15 is 13.6 Å². The Hall–Kier alpha value is -4.87. The van der Waals surface area contributed by atoms with Gasteiger partial charge in [0.1, 0.15) is 28.8 Å². The number of carbonyl (C=O) groups excluding carboxylic acids is 4. The lowest BCUT2D eigenvalue weighted by Gasteiger charge is -2.45.